The maximum absolute atomic E-state index is 14.5. The molecular formula is C30H33FN2O3. The Balaban J connectivity index is 1.53. The van der Waals surface area contributed by atoms with Crippen molar-refractivity contribution in [1.82, 2.24) is 10.2 Å². The summed E-state index contributed by atoms with van der Waals surface area (Å²) in [7, 11) is 1.58. The summed E-state index contributed by atoms with van der Waals surface area (Å²) < 4.78 is 19.7. The van der Waals surface area contributed by atoms with Crippen LogP contribution in [0.5, 0.6) is 5.75 Å². The Morgan fingerprint density at radius 3 is 2.17 bits per heavy atom. The maximum Gasteiger partial charge on any atom is 0.243 e. The highest BCUT2D eigenvalue weighted by molar-refractivity contribution is 5.89. The summed E-state index contributed by atoms with van der Waals surface area (Å²) in [5.41, 5.74) is 3.86. The lowest BCUT2D eigenvalue weighted by atomic mass is 9.95. The highest BCUT2D eigenvalue weighted by Crippen LogP contribution is 2.27. The predicted molar refractivity (Wildman–Crippen MR) is 139 cm³/mol. The minimum Gasteiger partial charge on any atom is -0.497 e. The standard InChI is InChI=1S/C30H33FN2O3/c1-20(2)22-11-13-24(14-12-22)29(23-7-5-4-6-8-23)32-30(35)27-18-25(31)19-33(27)28(34)17-21-9-15-26(36-3)16-10-21/h4-16,20,25,27,29H,17-19H2,1-3H3,(H,32,35)/t25-,27+,29+/m1/s1. The number of methoxy groups -OCH3 is 1. The topological polar surface area (TPSA) is 58.6 Å². The minimum absolute atomic E-state index is 0.00597. The molecular weight excluding hydrogens is 455 g/mol. The first-order valence-electron chi connectivity index (χ1n) is 12.4. The summed E-state index contributed by atoms with van der Waals surface area (Å²) in [6.45, 7) is 4.19. The summed E-state index contributed by atoms with van der Waals surface area (Å²) in [4.78, 5) is 28.0. The zero-order chi connectivity index (χ0) is 25.7. The number of amides is 2. The Bertz CT molecular complexity index is 1160. The van der Waals surface area contributed by atoms with Crippen molar-refractivity contribution in [3.05, 3.63) is 101 Å². The van der Waals surface area contributed by atoms with E-state index < -0.39 is 18.3 Å². The molecule has 1 N–H and O–H groups in total. The molecule has 0 aliphatic carbocycles. The van der Waals surface area contributed by atoms with Crippen LogP contribution in [-0.2, 0) is 16.0 Å². The van der Waals surface area contributed by atoms with Crippen LogP contribution in [0.25, 0.3) is 0 Å². The molecule has 188 valence electrons. The Morgan fingerprint density at radius 1 is 0.944 bits per heavy atom. The number of benzene rings is 3. The molecule has 3 aromatic rings. The minimum atomic E-state index is -1.24. The molecule has 36 heavy (non-hydrogen) atoms. The van der Waals surface area contributed by atoms with E-state index in [9.17, 15) is 14.0 Å². The van der Waals surface area contributed by atoms with E-state index in [1.165, 1.54) is 10.5 Å². The quantitative estimate of drug-likeness (QED) is 0.474. The van der Waals surface area contributed by atoms with E-state index in [2.05, 4.69) is 31.3 Å². The van der Waals surface area contributed by atoms with Gasteiger partial charge in [0.15, 0.2) is 0 Å². The van der Waals surface area contributed by atoms with Crippen LogP contribution >= 0.6 is 0 Å². The van der Waals surface area contributed by atoms with E-state index in [0.29, 0.717) is 11.7 Å². The third kappa shape index (κ3) is 5.93. The highest BCUT2D eigenvalue weighted by atomic mass is 19.1. The first kappa shape index (κ1) is 25.4. The zero-order valence-corrected chi connectivity index (χ0v) is 21.0. The van der Waals surface area contributed by atoms with Gasteiger partial charge >= 0.3 is 0 Å². The van der Waals surface area contributed by atoms with Crippen molar-refractivity contribution in [3.8, 4) is 5.75 Å². The van der Waals surface area contributed by atoms with Crippen LogP contribution in [0.1, 0.15) is 54.5 Å². The van der Waals surface area contributed by atoms with Crippen LogP contribution in [-0.4, -0.2) is 42.6 Å². The van der Waals surface area contributed by atoms with Gasteiger partial charge in [-0.05, 0) is 40.3 Å². The molecule has 0 radical (unpaired) electrons. The van der Waals surface area contributed by atoms with Crippen molar-refractivity contribution in [2.45, 2.75) is 50.9 Å². The third-order valence-electron chi connectivity index (χ3n) is 6.74. The number of carbonyl (C=O) groups excluding carboxylic acids is 2. The Hall–Kier alpha value is -3.67. The van der Waals surface area contributed by atoms with Gasteiger partial charge in [0.05, 0.1) is 26.1 Å². The average molecular weight is 489 g/mol. The van der Waals surface area contributed by atoms with Crippen molar-refractivity contribution >= 4 is 11.8 Å². The van der Waals surface area contributed by atoms with Gasteiger partial charge in [-0.2, -0.15) is 0 Å². The lowest BCUT2D eigenvalue weighted by Crippen LogP contribution is -2.47. The van der Waals surface area contributed by atoms with E-state index in [-0.39, 0.29) is 31.2 Å². The number of alkyl halides is 1. The molecule has 0 saturated carbocycles. The van der Waals surface area contributed by atoms with Crippen LogP contribution in [0.15, 0.2) is 78.9 Å². The molecule has 2 amide bonds. The maximum atomic E-state index is 14.5. The number of halogens is 1. The van der Waals surface area contributed by atoms with Crippen LogP contribution in [0.4, 0.5) is 4.39 Å². The lowest BCUT2D eigenvalue weighted by molar-refractivity contribution is -0.138. The van der Waals surface area contributed by atoms with Gasteiger partial charge in [-0.1, -0.05) is 80.6 Å². The molecule has 6 heteroatoms. The van der Waals surface area contributed by atoms with Crippen LogP contribution in [0, 0.1) is 0 Å². The fourth-order valence-electron chi connectivity index (χ4n) is 4.64. The van der Waals surface area contributed by atoms with Crippen molar-refractivity contribution in [1.29, 1.82) is 0 Å². The number of ether oxygens (including phenoxy) is 1. The Labute approximate surface area is 212 Å². The summed E-state index contributed by atoms with van der Waals surface area (Å²) >= 11 is 0. The molecule has 1 heterocycles. The monoisotopic (exact) mass is 488 g/mol. The highest BCUT2D eigenvalue weighted by Gasteiger charge is 2.40. The summed E-state index contributed by atoms with van der Waals surface area (Å²) in [5, 5.41) is 3.11. The number of hydrogen-bond donors (Lipinski definition) is 1. The first-order valence-corrected chi connectivity index (χ1v) is 12.4. The second-order valence-corrected chi connectivity index (χ2v) is 9.59. The third-order valence-corrected chi connectivity index (χ3v) is 6.74. The fraction of sp³-hybridized carbons (Fsp3) is 0.333. The van der Waals surface area contributed by atoms with Crippen LogP contribution in [0.3, 0.4) is 0 Å². The smallest absolute Gasteiger partial charge is 0.243 e. The van der Waals surface area contributed by atoms with Gasteiger partial charge in [0.2, 0.25) is 11.8 Å². The molecule has 1 saturated heterocycles. The molecule has 0 unspecified atom stereocenters. The van der Waals surface area contributed by atoms with E-state index >= 15 is 0 Å². The second kappa shape index (κ2) is 11.4. The molecule has 1 aliphatic rings. The largest absolute Gasteiger partial charge is 0.497 e. The number of carbonyl (C=O) groups is 2. The van der Waals surface area contributed by atoms with Gasteiger partial charge in [0.25, 0.3) is 0 Å². The molecule has 0 bridgehead atoms. The van der Waals surface area contributed by atoms with Crippen molar-refractivity contribution < 1.29 is 18.7 Å². The molecule has 1 fully saturated rings. The second-order valence-electron chi connectivity index (χ2n) is 9.59. The number of nitrogens with one attached hydrogen (secondary N) is 1. The number of rotatable bonds is 8. The molecule has 5 nitrogen and oxygen atoms in total. The van der Waals surface area contributed by atoms with Gasteiger partial charge in [-0.3, -0.25) is 9.59 Å². The van der Waals surface area contributed by atoms with Crippen molar-refractivity contribution in [2.24, 2.45) is 0 Å². The number of hydrogen-bond acceptors (Lipinski definition) is 3. The van der Waals surface area contributed by atoms with Crippen LogP contribution in [0.2, 0.25) is 0 Å². The summed E-state index contributed by atoms with van der Waals surface area (Å²) in [6.07, 6.45) is -1.14. The molecule has 4 rings (SSSR count). The molecule has 1 aliphatic heterocycles. The average Bonchev–Trinajstić information content (AvgIpc) is 3.30. The Kier molecular flexibility index (Phi) is 8.04. The van der Waals surface area contributed by atoms with Crippen LogP contribution < -0.4 is 10.1 Å². The van der Waals surface area contributed by atoms with Gasteiger partial charge in [0.1, 0.15) is 18.0 Å². The number of likely N-dealkylation sites (tertiary alicyclic amines) is 1. The Morgan fingerprint density at radius 2 is 1.56 bits per heavy atom. The summed E-state index contributed by atoms with van der Waals surface area (Å²) in [5.74, 6) is 0.480. The number of nitrogens with zero attached hydrogens (tertiary/aromatic N) is 1. The van der Waals surface area contributed by atoms with E-state index in [1.807, 2.05) is 42.5 Å². The SMILES string of the molecule is COc1ccc(CC(=O)N2C[C@H](F)C[C@H]2C(=O)N[C@@H](c2ccccc2)c2ccc(C(C)C)cc2)cc1. The van der Waals surface area contributed by atoms with Gasteiger partial charge in [-0.15, -0.1) is 0 Å². The van der Waals surface area contributed by atoms with Gasteiger partial charge in [0, 0.05) is 6.42 Å². The van der Waals surface area contributed by atoms with E-state index in [1.54, 1.807) is 31.4 Å². The van der Waals surface area contributed by atoms with Gasteiger partial charge < -0.3 is 15.0 Å². The molecule has 0 aromatic heterocycles. The predicted octanol–water partition coefficient (Wildman–Crippen LogP) is 5.21. The molecule has 3 atom stereocenters. The van der Waals surface area contributed by atoms with Gasteiger partial charge in [-0.25, -0.2) is 4.39 Å². The first-order chi connectivity index (χ1) is 17.4. The van der Waals surface area contributed by atoms with E-state index in [4.69, 9.17) is 4.74 Å². The molecule has 3 aromatic carbocycles. The summed E-state index contributed by atoms with van der Waals surface area (Å²) in [6, 6.07) is 23.8. The normalized spacial score (nSPS) is 18.2. The van der Waals surface area contributed by atoms with Crippen molar-refractivity contribution in [3.63, 3.8) is 0 Å². The zero-order valence-electron chi connectivity index (χ0n) is 21.0. The lowest BCUT2D eigenvalue weighted by Gasteiger charge is -2.27. The van der Waals surface area contributed by atoms with E-state index in [0.717, 1.165) is 16.7 Å². The van der Waals surface area contributed by atoms with Crippen molar-refractivity contribution in [2.75, 3.05) is 13.7 Å². The fourth-order valence-corrected chi connectivity index (χ4v) is 4.64. The molecule has 0 spiro atoms.